The van der Waals surface area contributed by atoms with Gasteiger partial charge in [-0.2, -0.15) is 0 Å². The number of rotatable bonds is 3. The minimum absolute atomic E-state index is 0.0484. The van der Waals surface area contributed by atoms with E-state index in [0.29, 0.717) is 18.0 Å². The molecule has 1 fully saturated rings. The van der Waals surface area contributed by atoms with Crippen molar-refractivity contribution in [2.75, 3.05) is 25.0 Å². The zero-order valence-electron chi connectivity index (χ0n) is 11.9. The summed E-state index contributed by atoms with van der Waals surface area (Å²) in [5.74, 6) is 0.127. The summed E-state index contributed by atoms with van der Waals surface area (Å²) in [6.45, 7) is 5.45. The van der Waals surface area contributed by atoms with E-state index < -0.39 is 0 Å². The summed E-state index contributed by atoms with van der Waals surface area (Å²) in [6, 6.07) is 5.12. The highest BCUT2D eigenvalue weighted by molar-refractivity contribution is 5.56. The van der Waals surface area contributed by atoms with Crippen molar-refractivity contribution in [2.24, 2.45) is 5.92 Å². The van der Waals surface area contributed by atoms with Crippen LogP contribution in [0.4, 0.5) is 10.1 Å². The smallest absolute Gasteiger partial charge is 0.130 e. The SMILES string of the molecule is CNC(C)c1c(F)cccc1N1CCC(C)C(O)C1. The number of nitrogens with one attached hydrogen (secondary N) is 1. The van der Waals surface area contributed by atoms with Gasteiger partial charge in [0.2, 0.25) is 0 Å². The molecule has 0 saturated carbocycles. The molecule has 1 saturated heterocycles. The third-order valence-electron chi connectivity index (χ3n) is 4.16. The lowest BCUT2D eigenvalue weighted by molar-refractivity contribution is 0.103. The molecule has 0 bridgehead atoms. The fraction of sp³-hybridized carbons (Fsp3) is 0.600. The lowest BCUT2D eigenvalue weighted by Gasteiger charge is -2.37. The summed E-state index contributed by atoms with van der Waals surface area (Å²) in [7, 11) is 1.83. The Morgan fingerprint density at radius 2 is 2.21 bits per heavy atom. The van der Waals surface area contributed by atoms with Crippen molar-refractivity contribution in [3.05, 3.63) is 29.6 Å². The number of benzene rings is 1. The fourth-order valence-electron chi connectivity index (χ4n) is 2.64. The first-order chi connectivity index (χ1) is 9.04. The normalized spacial score (nSPS) is 25.4. The van der Waals surface area contributed by atoms with Gasteiger partial charge in [0.05, 0.1) is 6.10 Å². The van der Waals surface area contributed by atoms with Crippen LogP contribution in [-0.2, 0) is 0 Å². The molecule has 106 valence electrons. The van der Waals surface area contributed by atoms with Crippen LogP contribution >= 0.6 is 0 Å². The van der Waals surface area contributed by atoms with Gasteiger partial charge in [-0.1, -0.05) is 13.0 Å². The number of aliphatic hydroxyl groups excluding tert-OH is 1. The van der Waals surface area contributed by atoms with Gasteiger partial charge in [-0.25, -0.2) is 4.39 Å². The van der Waals surface area contributed by atoms with Crippen LogP contribution in [0.25, 0.3) is 0 Å². The lowest BCUT2D eigenvalue weighted by Crippen LogP contribution is -2.43. The van der Waals surface area contributed by atoms with Gasteiger partial charge in [0.1, 0.15) is 5.82 Å². The molecular weight excluding hydrogens is 243 g/mol. The van der Waals surface area contributed by atoms with E-state index in [-0.39, 0.29) is 18.0 Å². The zero-order chi connectivity index (χ0) is 14.0. The molecule has 19 heavy (non-hydrogen) atoms. The first kappa shape index (κ1) is 14.3. The summed E-state index contributed by atoms with van der Waals surface area (Å²) in [4.78, 5) is 2.09. The maximum Gasteiger partial charge on any atom is 0.130 e. The Morgan fingerprint density at radius 3 is 2.84 bits per heavy atom. The summed E-state index contributed by atoms with van der Waals surface area (Å²) < 4.78 is 14.1. The second-order valence-electron chi connectivity index (χ2n) is 5.46. The Bertz CT molecular complexity index is 438. The number of halogens is 1. The van der Waals surface area contributed by atoms with Gasteiger partial charge < -0.3 is 15.3 Å². The molecule has 1 aliphatic rings. The number of hydrogen-bond acceptors (Lipinski definition) is 3. The summed E-state index contributed by atoms with van der Waals surface area (Å²) in [5.41, 5.74) is 1.58. The Labute approximate surface area is 114 Å². The average molecular weight is 266 g/mol. The minimum atomic E-state index is -0.338. The predicted molar refractivity (Wildman–Crippen MR) is 75.9 cm³/mol. The summed E-state index contributed by atoms with van der Waals surface area (Å²) in [6.07, 6.45) is 0.597. The van der Waals surface area contributed by atoms with Gasteiger partial charge >= 0.3 is 0 Å². The number of aliphatic hydroxyl groups is 1. The third kappa shape index (κ3) is 2.90. The van der Waals surface area contributed by atoms with E-state index in [0.717, 1.165) is 18.7 Å². The molecule has 1 aliphatic heterocycles. The van der Waals surface area contributed by atoms with Gasteiger partial charge in [-0.05, 0) is 38.4 Å². The van der Waals surface area contributed by atoms with E-state index in [9.17, 15) is 9.50 Å². The van der Waals surface area contributed by atoms with Gasteiger partial charge in [0, 0.05) is 30.4 Å². The molecular formula is C15H23FN2O. The lowest BCUT2D eigenvalue weighted by atomic mass is 9.94. The molecule has 0 spiro atoms. The van der Waals surface area contributed by atoms with Crippen LogP contribution in [0.5, 0.6) is 0 Å². The maximum absolute atomic E-state index is 14.1. The van der Waals surface area contributed by atoms with Gasteiger partial charge in [0.15, 0.2) is 0 Å². The fourth-order valence-corrected chi connectivity index (χ4v) is 2.64. The van der Waals surface area contributed by atoms with Crippen molar-refractivity contribution in [2.45, 2.75) is 32.4 Å². The molecule has 0 aliphatic carbocycles. The van der Waals surface area contributed by atoms with Gasteiger partial charge in [0.25, 0.3) is 0 Å². The van der Waals surface area contributed by atoms with Crippen molar-refractivity contribution in [3.8, 4) is 0 Å². The maximum atomic E-state index is 14.1. The van der Waals surface area contributed by atoms with Gasteiger partial charge in [-0.3, -0.25) is 0 Å². The molecule has 3 unspecified atom stereocenters. The van der Waals surface area contributed by atoms with Gasteiger partial charge in [-0.15, -0.1) is 0 Å². The highest BCUT2D eigenvalue weighted by atomic mass is 19.1. The first-order valence-electron chi connectivity index (χ1n) is 6.93. The van der Waals surface area contributed by atoms with Crippen molar-refractivity contribution >= 4 is 5.69 Å². The molecule has 1 heterocycles. The molecule has 1 aromatic rings. The van der Waals surface area contributed by atoms with Crippen LogP contribution < -0.4 is 10.2 Å². The van der Waals surface area contributed by atoms with E-state index >= 15 is 0 Å². The second-order valence-corrected chi connectivity index (χ2v) is 5.46. The van der Waals surface area contributed by atoms with E-state index in [4.69, 9.17) is 0 Å². The average Bonchev–Trinajstić information content (AvgIpc) is 2.41. The van der Waals surface area contributed by atoms with Crippen LogP contribution in [0.2, 0.25) is 0 Å². The molecule has 3 nitrogen and oxygen atoms in total. The Kier molecular flexibility index (Phi) is 4.42. The zero-order valence-corrected chi connectivity index (χ0v) is 11.9. The standard InChI is InChI=1S/C15H23FN2O/c1-10-7-8-18(9-14(10)19)13-6-4-5-12(16)15(13)11(2)17-3/h4-6,10-11,14,17,19H,7-9H2,1-3H3. The molecule has 2 rings (SSSR count). The van der Waals surface area contributed by atoms with E-state index in [1.807, 2.05) is 20.0 Å². The number of nitrogens with zero attached hydrogens (tertiary/aromatic N) is 1. The molecule has 0 amide bonds. The topological polar surface area (TPSA) is 35.5 Å². The van der Waals surface area contributed by atoms with Crippen LogP contribution in [0.15, 0.2) is 18.2 Å². The molecule has 0 aromatic heterocycles. The van der Waals surface area contributed by atoms with E-state index in [1.54, 1.807) is 6.07 Å². The van der Waals surface area contributed by atoms with Crippen LogP contribution in [0, 0.1) is 11.7 Å². The van der Waals surface area contributed by atoms with Crippen molar-refractivity contribution < 1.29 is 9.50 Å². The minimum Gasteiger partial charge on any atom is -0.391 e. The predicted octanol–water partition coefficient (Wildman–Crippen LogP) is 2.31. The summed E-state index contributed by atoms with van der Waals surface area (Å²) in [5, 5.41) is 13.1. The van der Waals surface area contributed by atoms with E-state index in [1.165, 1.54) is 6.07 Å². The highest BCUT2D eigenvalue weighted by Crippen LogP contribution is 2.31. The van der Waals surface area contributed by atoms with Crippen LogP contribution in [0.1, 0.15) is 31.9 Å². The monoisotopic (exact) mass is 266 g/mol. The van der Waals surface area contributed by atoms with Crippen molar-refractivity contribution in [1.82, 2.24) is 5.32 Å². The Hall–Kier alpha value is -1.13. The number of β-amino-alcohol motifs (C(OH)–C–C–N with tert-alkyl or cyclic N) is 1. The van der Waals surface area contributed by atoms with Crippen LogP contribution in [-0.4, -0.2) is 31.3 Å². The number of anilines is 1. The Morgan fingerprint density at radius 1 is 1.47 bits per heavy atom. The summed E-state index contributed by atoms with van der Waals surface area (Å²) >= 11 is 0. The quantitative estimate of drug-likeness (QED) is 0.881. The van der Waals surface area contributed by atoms with Crippen molar-refractivity contribution in [1.29, 1.82) is 0 Å². The van der Waals surface area contributed by atoms with E-state index in [2.05, 4.69) is 17.1 Å². The van der Waals surface area contributed by atoms with Crippen LogP contribution in [0.3, 0.4) is 0 Å². The largest absolute Gasteiger partial charge is 0.391 e. The molecule has 0 radical (unpaired) electrons. The third-order valence-corrected chi connectivity index (χ3v) is 4.16. The Balaban J connectivity index is 2.32. The number of hydrogen-bond donors (Lipinski definition) is 2. The molecule has 1 aromatic carbocycles. The molecule has 2 N–H and O–H groups in total. The second kappa shape index (κ2) is 5.88. The van der Waals surface area contributed by atoms with Crippen molar-refractivity contribution in [3.63, 3.8) is 0 Å². The first-order valence-corrected chi connectivity index (χ1v) is 6.93. The molecule has 4 heteroatoms. The number of piperidine rings is 1. The highest BCUT2D eigenvalue weighted by Gasteiger charge is 2.27. The molecule has 3 atom stereocenters.